The number of aromatic nitrogens is 2. The minimum Gasteiger partial charge on any atom is -0.280 e. The van der Waals surface area contributed by atoms with Crippen LogP contribution in [0.4, 0.5) is 0 Å². The van der Waals surface area contributed by atoms with Crippen LogP contribution in [0.2, 0.25) is 0 Å². The van der Waals surface area contributed by atoms with Gasteiger partial charge in [0, 0.05) is 16.6 Å². The molecule has 27 heavy (non-hydrogen) atoms. The average molecular weight is 442 g/mol. The summed E-state index contributed by atoms with van der Waals surface area (Å²) in [5, 5.41) is 10.0. The predicted molar refractivity (Wildman–Crippen MR) is 114 cm³/mol. The van der Waals surface area contributed by atoms with Gasteiger partial charge in [-0.3, -0.25) is 9.36 Å². The van der Waals surface area contributed by atoms with Gasteiger partial charge >= 0.3 is 0 Å². The van der Waals surface area contributed by atoms with E-state index < -0.39 is 0 Å². The van der Waals surface area contributed by atoms with Crippen molar-refractivity contribution >= 4 is 38.6 Å². The summed E-state index contributed by atoms with van der Waals surface area (Å²) in [5.41, 5.74) is 1.75. The smallest absolute Gasteiger partial charge is 0.262 e. The van der Waals surface area contributed by atoms with Crippen molar-refractivity contribution in [2.45, 2.75) is 37.4 Å². The summed E-state index contributed by atoms with van der Waals surface area (Å²) in [6, 6.07) is 17.7. The summed E-state index contributed by atoms with van der Waals surface area (Å²) < 4.78 is 2.66. The summed E-state index contributed by atoms with van der Waals surface area (Å²) in [5.74, 6) is 0.831. The third-order valence-electron chi connectivity index (χ3n) is 4.41. The molecule has 3 rings (SSSR count). The zero-order chi connectivity index (χ0) is 19.2. The lowest BCUT2D eigenvalue weighted by molar-refractivity contribution is 0.548. The fourth-order valence-electron chi connectivity index (χ4n) is 2.94. The standard InChI is InChI=1S/C21H20BrN3OS/c1-15(16-8-4-2-5-9-16)25-20(26)18-14-17(22)10-11-19(18)24-21(25)27-13-7-3-6-12-23/h2,4-5,8-11,14-15H,3,6-7,13H2,1H3. The topological polar surface area (TPSA) is 58.7 Å². The first-order valence-corrected chi connectivity index (χ1v) is 10.7. The van der Waals surface area contributed by atoms with Gasteiger partial charge in [-0.05, 0) is 43.5 Å². The molecule has 0 saturated carbocycles. The van der Waals surface area contributed by atoms with E-state index in [4.69, 9.17) is 10.2 Å². The van der Waals surface area contributed by atoms with Crippen LogP contribution in [0.5, 0.6) is 0 Å². The Morgan fingerprint density at radius 1 is 1.22 bits per heavy atom. The molecule has 1 aromatic heterocycles. The average Bonchev–Trinajstić information content (AvgIpc) is 2.69. The number of nitrogens with zero attached hydrogens (tertiary/aromatic N) is 3. The Morgan fingerprint density at radius 2 is 2.00 bits per heavy atom. The molecule has 2 aromatic carbocycles. The first kappa shape index (κ1) is 19.7. The van der Waals surface area contributed by atoms with E-state index in [0.717, 1.165) is 33.8 Å². The zero-order valence-electron chi connectivity index (χ0n) is 15.1. The van der Waals surface area contributed by atoms with E-state index in [1.165, 1.54) is 0 Å². The lowest BCUT2D eigenvalue weighted by Gasteiger charge is -2.20. The quantitative estimate of drug-likeness (QED) is 0.273. The molecule has 4 nitrogen and oxygen atoms in total. The lowest BCUT2D eigenvalue weighted by Crippen LogP contribution is -2.27. The van der Waals surface area contributed by atoms with Gasteiger partial charge in [-0.15, -0.1) is 0 Å². The van der Waals surface area contributed by atoms with Crippen LogP contribution < -0.4 is 5.56 Å². The summed E-state index contributed by atoms with van der Waals surface area (Å²) in [7, 11) is 0. The first-order chi connectivity index (χ1) is 13.1. The van der Waals surface area contributed by atoms with Crippen LogP contribution in [0.3, 0.4) is 0 Å². The van der Waals surface area contributed by atoms with Gasteiger partial charge < -0.3 is 0 Å². The molecule has 0 aliphatic rings. The minimum absolute atomic E-state index is 0.0304. The molecule has 0 aliphatic carbocycles. The second-order valence-corrected chi connectivity index (χ2v) is 8.26. The normalized spacial score (nSPS) is 12.0. The molecule has 1 heterocycles. The van der Waals surface area contributed by atoms with Crippen molar-refractivity contribution in [3.8, 4) is 6.07 Å². The maximum absolute atomic E-state index is 13.3. The zero-order valence-corrected chi connectivity index (χ0v) is 17.5. The fraction of sp³-hybridized carbons (Fsp3) is 0.286. The molecule has 0 spiro atoms. The highest BCUT2D eigenvalue weighted by Gasteiger charge is 2.18. The summed E-state index contributed by atoms with van der Waals surface area (Å²) in [6.45, 7) is 2.03. The van der Waals surface area contributed by atoms with Gasteiger partial charge in [0.05, 0.1) is 23.0 Å². The van der Waals surface area contributed by atoms with E-state index >= 15 is 0 Å². The number of fused-ring (bicyclic) bond motifs is 1. The van der Waals surface area contributed by atoms with Crippen molar-refractivity contribution < 1.29 is 0 Å². The summed E-state index contributed by atoms with van der Waals surface area (Å²) in [6.07, 6.45) is 2.35. The Labute approximate surface area is 171 Å². The van der Waals surface area contributed by atoms with Crippen LogP contribution in [0, 0.1) is 11.3 Å². The molecular weight excluding hydrogens is 422 g/mol. The van der Waals surface area contributed by atoms with E-state index in [1.807, 2.05) is 55.5 Å². The van der Waals surface area contributed by atoms with Crippen molar-refractivity contribution in [1.29, 1.82) is 5.26 Å². The molecule has 0 amide bonds. The number of thioether (sulfide) groups is 1. The van der Waals surface area contributed by atoms with Crippen molar-refractivity contribution in [3.63, 3.8) is 0 Å². The Bertz CT molecular complexity index is 1030. The van der Waals surface area contributed by atoms with Gasteiger partial charge in [-0.2, -0.15) is 5.26 Å². The van der Waals surface area contributed by atoms with Gasteiger partial charge in [0.1, 0.15) is 0 Å². The van der Waals surface area contributed by atoms with Crippen molar-refractivity contribution in [1.82, 2.24) is 9.55 Å². The van der Waals surface area contributed by atoms with E-state index in [9.17, 15) is 4.79 Å². The monoisotopic (exact) mass is 441 g/mol. The highest BCUT2D eigenvalue weighted by Crippen LogP contribution is 2.26. The minimum atomic E-state index is -0.115. The second-order valence-electron chi connectivity index (χ2n) is 6.28. The second kappa shape index (κ2) is 9.20. The Kier molecular flexibility index (Phi) is 6.70. The Balaban J connectivity index is 2.04. The number of hydrogen-bond acceptors (Lipinski definition) is 4. The van der Waals surface area contributed by atoms with E-state index in [-0.39, 0.29) is 11.6 Å². The molecule has 3 aromatic rings. The number of unbranched alkanes of at least 4 members (excludes halogenated alkanes) is 2. The van der Waals surface area contributed by atoms with E-state index in [0.29, 0.717) is 17.3 Å². The molecular formula is C21H20BrN3OS. The van der Waals surface area contributed by atoms with Gasteiger partial charge in [0.15, 0.2) is 5.16 Å². The number of halogens is 1. The van der Waals surface area contributed by atoms with Crippen LogP contribution in [0.1, 0.15) is 37.8 Å². The summed E-state index contributed by atoms with van der Waals surface area (Å²) >= 11 is 5.03. The van der Waals surface area contributed by atoms with Crippen LogP contribution in [0.25, 0.3) is 10.9 Å². The number of nitriles is 1. The molecule has 0 aliphatic heterocycles. The van der Waals surface area contributed by atoms with Crippen molar-refractivity contribution in [3.05, 3.63) is 68.9 Å². The highest BCUT2D eigenvalue weighted by atomic mass is 79.9. The van der Waals surface area contributed by atoms with Crippen molar-refractivity contribution in [2.24, 2.45) is 0 Å². The maximum atomic E-state index is 13.3. The largest absolute Gasteiger partial charge is 0.280 e. The molecule has 0 N–H and O–H groups in total. The molecule has 0 fully saturated rings. The van der Waals surface area contributed by atoms with Gasteiger partial charge in [-0.1, -0.05) is 58.0 Å². The molecule has 6 heteroatoms. The van der Waals surface area contributed by atoms with E-state index in [1.54, 1.807) is 16.3 Å². The van der Waals surface area contributed by atoms with Crippen LogP contribution in [-0.2, 0) is 0 Å². The van der Waals surface area contributed by atoms with Crippen LogP contribution in [-0.4, -0.2) is 15.3 Å². The third-order valence-corrected chi connectivity index (χ3v) is 5.95. The maximum Gasteiger partial charge on any atom is 0.262 e. The molecule has 0 bridgehead atoms. The van der Waals surface area contributed by atoms with Gasteiger partial charge in [-0.25, -0.2) is 4.98 Å². The Morgan fingerprint density at radius 3 is 2.74 bits per heavy atom. The molecule has 138 valence electrons. The third kappa shape index (κ3) is 4.60. The van der Waals surface area contributed by atoms with E-state index in [2.05, 4.69) is 22.0 Å². The SMILES string of the molecule is CC(c1ccccc1)n1c(SCCCCC#N)nc2ccc(Br)cc2c1=O. The molecule has 1 atom stereocenters. The van der Waals surface area contributed by atoms with Gasteiger partial charge in [0.2, 0.25) is 0 Å². The molecule has 0 saturated heterocycles. The van der Waals surface area contributed by atoms with Crippen molar-refractivity contribution in [2.75, 3.05) is 5.75 Å². The predicted octanol–water partition coefficient (Wildman–Crippen LogP) is 5.55. The van der Waals surface area contributed by atoms with Gasteiger partial charge in [0.25, 0.3) is 5.56 Å². The fourth-order valence-corrected chi connectivity index (χ4v) is 4.38. The first-order valence-electron chi connectivity index (χ1n) is 8.88. The van der Waals surface area contributed by atoms with Crippen LogP contribution >= 0.6 is 27.7 Å². The number of hydrogen-bond donors (Lipinski definition) is 0. The molecule has 1 unspecified atom stereocenters. The Hall–Kier alpha value is -2.10. The lowest BCUT2D eigenvalue weighted by atomic mass is 10.1. The highest BCUT2D eigenvalue weighted by molar-refractivity contribution is 9.10. The summed E-state index contributed by atoms with van der Waals surface area (Å²) in [4.78, 5) is 18.1. The molecule has 0 radical (unpaired) electrons. The number of benzene rings is 2. The number of rotatable bonds is 7. The van der Waals surface area contributed by atoms with Crippen LogP contribution in [0.15, 0.2) is 63.0 Å².